The zero-order chi connectivity index (χ0) is 40.4. The Bertz CT molecular complexity index is 2650. The van der Waals surface area contributed by atoms with E-state index in [1.807, 2.05) is 50.4 Å². The molecule has 0 unspecified atom stereocenters. The normalized spacial score (nSPS) is 12.2. The van der Waals surface area contributed by atoms with E-state index in [0.717, 1.165) is 21.9 Å². The molecule has 0 saturated carbocycles. The van der Waals surface area contributed by atoms with Crippen LogP contribution in [-0.2, 0) is 24.6 Å². The third kappa shape index (κ3) is 8.13. The number of nitriles is 1. The third-order valence-electron chi connectivity index (χ3n) is 9.95. The topological polar surface area (TPSA) is 85.5 Å². The molecule has 5 heterocycles. The molecule has 0 radical (unpaired) electrons. The Hall–Kier alpha value is -4.16. The van der Waals surface area contributed by atoms with Gasteiger partial charge in [-0.2, -0.15) is 5.26 Å². The highest BCUT2D eigenvalue weighted by Gasteiger charge is 2.41. The average molecular weight is 850 g/mol. The van der Waals surface area contributed by atoms with Crippen LogP contribution < -0.4 is 5.32 Å². The molecule has 1 N–H and O–H groups in total. The van der Waals surface area contributed by atoms with E-state index in [-0.39, 0.29) is 11.7 Å². The number of rotatable bonds is 15. The van der Waals surface area contributed by atoms with E-state index >= 15 is 0 Å². The fourth-order valence-corrected chi connectivity index (χ4v) is 14.7. The second-order valence-corrected chi connectivity index (χ2v) is 20.7. The van der Waals surface area contributed by atoms with E-state index in [0.29, 0.717) is 19.8 Å². The predicted molar refractivity (Wildman–Crippen MR) is 245 cm³/mol. The van der Waals surface area contributed by atoms with Crippen molar-refractivity contribution in [3.05, 3.63) is 99.4 Å². The molecule has 0 bridgehead atoms. The molecular weight excluding hydrogens is 803 g/mol. The van der Waals surface area contributed by atoms with Crippen LogP contribution in [0, 0.1) is 39.0 Å². The van der Waals surface area contributed by atoms with Crippen LogP contribution in [0.3, 0.4) is 0 Å². The fourth-order valence-electron chi connectivity index (χ4n) is 7.35. The van der Waals surface area contributed by atoms with E-state index in [2.05, 4.69) is 110 Å². The number of amides is 1. The van der Waals surface area contributed by atoms with Gasteiger partial charge in [-0.15, -0.1) is 45.3 Å². The zero-order valence-electron chi connectivity index (χ0n) is 33.6. The molecule has 0 aliphatic heterocycles. The van der Waals surface area contributed by atoms with Crippen molar-refractivity contribution in [1.29, 1.82) is 5.26 Å². The number of carbonyl (C=O) groups excluding carboxylic acids is 1. The summed E-state index contributed by atoms with van der Waals surface area (Å²) in [4.78, 5) is 22.9. The van der Waals surface area contributed by atoms with Crippen LogP contribution in [0.25, 0.3) is 67.6 Å². The van der Waals surface area contributed by atoms with Crippen LogP contribution in [-0.4, -0.2) is 45.3 Å². The number of nitrogens with zero attached hydrogens (tertiary/aromatic N) is 2. The molecule has 294 valence electrons. The number of benzene rings is 2. The number of carbonyl (C=O) groups is 1. The lowest BCUT2D eigenvalue weighted by Crippen LogP contribution is -2.55. The number of hydrogen-bond acceptors (Lipinski definition) is 9. The highest BCUT2D eigenvalue weighted by atomic mass is 32.1. The predicted octanol–water partition coefficient (Wildman–Crippen LogP) is 12.6. The molecule has 1 amide bonds. The van der Waals surface area contributed by atoms with Crippen molar-refractivity contribution in [2.75, 3.05) is 26.0 Å². The van der Waals surface area contributed by atoms with Crippen molar-refractivity contribution < 1.29 is 18.1 Å². The molecule has 5 aromatic heterocycles. The second kappa shape index (κ2) is 17.4. The summed E-state index contributed by atoms with van der Waals surface area (Å²) >= 11 is 7.13. The fraction of sp³-hybridized carbons (Fsp3) is 0.289. The first-order valence-electron chi connectivity index (χ1n) is 19.3. The van der Waals surface area contributed by atoms with Crippen LogP contribution in [0.1, 0.15) is 54.8 Å². The summed E-state index contributed by atoms with van der Waals surface area (Å²) in [6.07, 6.45) is 1.77. The SMILES string of the molecule is CCO[Si](CNC(=O)/C(C#N)=C/c1sc(-c2sc(-c3sc(-c4sc(-c5ccc6c(c5)c5ccccc5n6CC)cc4C)cc3C)cc2C)cc1C)(OCC)OCC. The molecule has 57 heavy (non-hydrogen) atoms. The molecule has 0 fully saturated rings. The maximum absolute atomic E-state index is 13.2. The van der Waals surface area contributed by atoms with Crippen molar-refractivity contribution in [2.45, 2.75) is 61.9 Å². The van der Waals surface area contributed by atoms with Gasteiger partial charge in [0.25, 0.3) is 5.91 Å². The molecule has 7 rings (SSSR count). The molecule has 2 aromatic carbocycles. The minimum absolute atomic E-state index is 0.0286. The number of thiophene rings is 4. The standard InChI is InChI=1S/C45H47N3O4S4Si/c1-9-48-35-16-14-13-15-33(35)34-23-31(17-18-36(34)48)38-20-28(6)43(54-38)40-22-30(8)44(56-40)41-21-29(7)42(55-41)39-19-27(5)37(53-39)24-32(25-46)45(49)47-26-57(50-10-2,51-11-3)52-12-4/h13-24H,9-12,26H2,1-8H3,(H,47,49)/b32-24+. The van der Waals surface area contributed by atoms with Crippen molar-refractivity contribution in [3.8, 4) is 45.8 Å². The van der Waals surface area contributed by atoms with Crippen LogP contribution >= 0.6 is 45.3 Å². The summed E-state index contributed by atoms with van der Waals surface area (Å²) in [5, 5.41) is 15.5. The Morgan fingerprint density at radius 1 is 0.702 bits per heavy atom. The first-order chi connectivity index (χ1) is 27.5. The van der Waals surface area contributed by atoms with Gasteiger partial charge in [0.05, 0.1) is 6.17 Å². The molecule has 7 aromatic rings. The van der Waals surface area contributed by atoms with Crippen molar-refractivity contribution in [3.63, 3.8) is 0 Å². The zero-order valence-corrected chi connectivity index (χ0v) is 37.9. The Morgan fingerprint density at radius 2 is 1.23 bits per heavy atom. The summed E-state index contributed by atoms with van der Waals surface area (Å²) in [5.41, 5.74) is 8.63. The number of aromatic nitrogens is 1. The third-order valence-corrected chi connectivity index (χ3v) is 18.2. The molecule has 12 heteroatoms. The maximum atomic E-state index is 13.2. The average Bonchev–Trinajstić information content (AvgIpc) is 4.02. The first kappa shape index (κ1) is 41.0. The lowest BCUT2D eigenvalue weighted by molar-refractivity contribution is -0.117. The van der Waals surface area contributed by atoms with Crippen LogP contribution in [0.4, 0.5) is 0 Å². The summed E-state index contributed by atoms with van der Waals surface area (Å²) in [7, 11) is -3.11. The van der Waals surface area contributed by atoms with Gasteiger partial charge in [0.2, 0.25) is 0 Å². The van der Waals surface area contributed by atoms with E-state index < -0.39 is 14.7 Å². The van der Waals surface area contributed by atoms with E-state index in [1.54, 1.807) is 28.7 Å². The Kier molecular flexibility index (Phi) is 12.5. The number of para-hydroxylation sites is 1. The van der Waals surface area contributed by atoms with Crippen molar-refractivity contribution in [2.24, 2.45) is 0 Å². The van der Waals surface area contributed by atoms with E-state index in [1.165, 1.54) is 73.3 Å². The van der Waals surface area contributed by atoms with Gasteiger partial charge in [-0.05, 0) is 132 Å². The Labute approximate surface area is 352 Å². The summed E-state index contributed by atoms with van der Waals surface area (Å²) in [5.74, 6) is -0.476. The van der Waals surface area contributed by atoms with Gasteiger partial charge < -0.3 is 23.2 Å². The highest BCUT2D eigenvalue weighted by molar-refractivity contribution is 7.29. The van der Waals surface area contributed by atoms with Gasteiger partial charge in [0.1, 0.15) is 11.6 Å². The Morgan fingerprint density at radius 3 is 1.81 bits per heavy atom. The number of aryl methyl sites for hydroxylation is 5. The minimum atomic E-state index is -3.11. The van der Waals surface area contributed by atoms with Gasteiger partial charge >= 0.3 is 8.80 Å². The van der Waals surface area contributed by atoms with Crippen LogP contribution in [0.5, 0.6) is 0 Å². The summed E-state index contributed by atoms with van der Waals surface area (Å²) < 4.78 is 20.0. The van der Waals surface area contributed by atoms with Gasteiger partial charge in [0, 0.05) is 87.2 Å². The lowest BCUT2D eigenvalue weighted by atomic mass is 10.1. The number of fused-ring (bicyclic) bond motifs is 3. The molecule has 0 atom stereocenters. The van der Waals surface area contributed by atoms with Crippen molar-refractivity contribution >= 4 is 87.9 Å². The van der Waals surface area contributed by atoms with Gasteiger partial charge in [-0.25, -0.2) is 0 Å². The molecule has 7 nitrogen and oxygen atoms in total. The van der Waals surface area contributed by atoms with Gasteiger partial charge in [0.15, 0.2) is 0 Å². The van der Waals surface area contributed by atoms with Crippen LogP contribution in [0.15, 0.2) is 72.3 Å². The van der Waals surface area contributed by atoms with E-state index in [4.69, 9.17) is 13.3 Å². The molecule has 0 spiro atoms. The highest BCUT2D eigenvalue weighted by Crippen LogP contribution is 2.49. The smallest absolute Gasteiger partial charge is 0.373 e. The largest absolute Gasteiger partial charge is 0.521 e. The monoisotopic (exact) mass is 849 g/mol. The molecule has 0 saturated heterocycles. The van der Waals surface area contributed by atoms with Crippen LogP contribution in [0.2, 0.25) is 0 Å². The molecular formula is C45H47N3O4S4Si. The Balaban J connectivity index is 1.12. The first-order valence-corrected chi connectivity index (χ1v) is 24.5. The quantitative estimate of drug-likeness (QED) is 0.0631. The second-order valence-electron chi connectivity index (χ2n) is 13.9. The summed E-state index contributed by atoms with van der Waals surface area (Å²) in [6.45, 7) is 18.6. The minimum Gasteiger partial charge on any atom is -0.373 e. The summed E-state index contributed by atoms with van der Waals surface area (Å²) in [6, 6.07) is 26.9. The molecule has 0 aliphatic rings. The molecule has 0 aliphatic carbocycles. The lowest BCUT2D eigenvalue weighted by Gasteiger charge is -2.28. The van der Waals surface area contributed by atoms with Crippen molar-refractivity contribution in [1.82, 2.24) is 9.88 Å². The number of hydrogen-bond donors (Lipinski definition) is 1. The van der Waals surface area contributed by atoms with E-state index in [9.17, 15) is 10.1 Å². The van der Waals surface area contributed by atoms with Gasteiger partial charge in [-0.3, -0.25) is 4.79 Å². The maximum Gasteiger partial charge on any atom is 0.521 e. The number of nitrogens with one attached hydrogen (secondary N) is 1. The van der Waals surface area contributed by atoms with Gasteiger partial charge in [-0.1, -0.05) is 24.3 Å².